The van der Waals surface area contributed by atoms with Gasteiger partial charge >= 0.3 is 0 Å². The SMILES string of the molecule is O=C(Cc1ccccn1)N1CCC2(CC1)CC2. The van der Waals surface area contributed by atoms with E-state index in [1.54, 1.807) is 6.20 Å². The zero-order chi connectivity index (χ0) is 11.7. The number of carbonyl (C=O) groups is 1. The fourth-order valence-corrected chi connectivity index (χ4v) is 2.68. The first kappa shape index (κ1) is 10.8. The van der Waals surface area contributed by atoms with Crippen LogP contribution >= 0.6 is 0 Å². The minimum absolute atomic E-state index is 0.235. The number of carbonyl (C=O) groups excluding carboxylic acids is 1. The molecular formula is C14H18N2O. The predicted molar refractivity (Wildman–Crippen MR) is 65.4 cm³/mol. The number of hydrogen-bond donors (Lipinski definition) is 0. The number of nitrogens with zero attached hydrogens (tertiary/aromatic N) is 2. The molecule has 1 aliphatic heterocycles. The van der Waals surface area contributed by atoms with Crippen LogP contribution in [0.2, 0.25) is 0 Å². The minimum Gasteiger partial charge on any atom is -0.342 e. The first-order valence-corrected chi connectivity index (χ1v) is 6.45. The van der Waals surface area contributed by atoms with Crippen LogP contribution in [0.1, 0.15) is 31.4 Å². The third-order valence-electron chi connectivity index (χ3n) is 4.19. The van der Waals surface area contributed by atoms with Crippen molar-refractivity contribution < 1.29 is 4.79 Å². The summed E-state index contributed by atoms with van der Waals surface area (Å²) in [6.45, 7) is 1.90. The molecule has 0 atom stereocenters. The average Bonchev–Trinajstić information content (AvgIpc) is 3.11. The molecule has 3 rings (SSSR count). The Kier molecular flexibility index (Phi) is 2.61. The summed E-state index contributed by atoms with van der Waals surface area (Å²) in [5.74, 6) is 0.235. The second kappa shape index (κ2) is 4.13. The van der Waals surface area contributed by atoms with Gasteiger partial charge in [-0.25, -0.2) is 0 Å². The molecule has 90 valence electrons. The number of amides is 1. The van der Waals surface area contributed by atoms with Gasteiger partial charge in [-0.2, -0.15) is 0 Å². The third kappa shape index (κ3) is 2.33. The maximum absolute atomic E-state index is 12.1. The van der Waals surface area contributed by atoms with Gasteiger partial charge in [-0.3, -0.25) is 9.78 Å². The van der Waals surface area contributed by atoms with Crippen LogP contribution in [0, 0.1) is 5.41 Å². The maximum Gasteiger partial charge on any atom is 0.228 e. The molecule has 1 aromatic heterocycles. The monoisotopic (exact) mass is 230 g/mol. The van der Waals surface area contributed by atoms with Gasteiger partial charge in [0.05, 0.1) is 6.42 Å². The molecule has 3 nitrogen and oxygen atoms in total. The summed E-state index contributed by atoms with van der Waals surface area (Å²) >= 11 is 0. The van der Waals surface area contributed by atoms with Gasteiger partial charge in [0, 0.05) is 25.0 Å². The lowest BCUT2D eigenvalue weighted by Gasteiger charge is -2.32. The molecule has 1 aromatic rings. The number of rotatable bonds is 2. The summed E-state index contributed by atoms with van der Waals surface area (Å²) in [4.78, 5) is 18.3. The van der Waals surface area contributed by atoms with E-state index in [0.717, 1.165) is 18.8 Å². The van der Waals surface area contributed by atoms with Crippen LogP contribution < -0.4 is 0 Å². The lowest BCUT2D eigenvalue weighted by atomic mass is 9.93. The van der Waals surface area contributed by atoms with Crippen molar-refractivity contribution >= 4 is 5.91 Å². The van der Waals surface area contributed by atoms with E-state index in [-0.39, 0.29) is 5.91 Å². The van der Waals surface area contributed by atoms with E-state index >= 15 is 0 Å². The fourth-order valence-electron chi connectivity index (χ4n) is 2.68. The molecule has 1 saturated heterocycles. The van der Waals surface area contributed by atoms with Gasteiger partial charge in [0.2, 0.25) is 5.91 Å². The predicted octanol–water partition coefficient (Wildman–Crippen LogP) is 2.03. The van der Waals surface area contributed by atoms with E-state index in [2.05, 4.69) is 4.98 Å². The van der Waals surface area contributed by atoms with E-state index in [1.807, 2.05) is 23.1 Å². The Balaban J connectivity index is 1.56. The van der Waals surface area contributed by atoms with Crippen molar-refractivity contribution in [2.45, 2.75) is 32.1 Å². The van der Waals surface area contributed by atoms with Gasteiger partial charge in [-0.1, -0.05) is 6.07 Å². The third-order valence-corrected chi connectivity index (χ3v) is 4.19. The van der Waals surface area contributed by atoms with Crippen LogP contribution in [0.5, 0.6) is 0 Å². The van der Waals surface area contributed by atoms with Crippen molar-refractivity contribution in [3.63, 3.8) is 0 Å². The van der Waals surface area contributed by atoms with Gasteiger partial charge in [0.15, 0.2) is 0 Å². The van der Waals surface area contributed by atoms with Crippen molar-refractivity contribution in [2.24, 2.45) is 5.41 Å². The van der Waals surface area contributed by atoms with E-state index < -0.39 is 0 Å². The smallest absolute Gasteiger partial charge is 0.228 e. The van der Waals surface area contributed by atoms with Crippen molar-refractivity contribution in [2.75, 3.05) is 13.1 Å². The maximum atomic E-state index is 12.1. The van der Waals surface area contributed by atoms with Gasteiger partial charge < -0.3 is 4.90 Å². The Morgan fingerprint density at radius 2 is 2.00 bits per heavy atom. The molecule has 0 radical (unpaired) electrons. The van der Waals surface area contributed by atoms with E-state index in [4.69, 9.17) is 0 Å². The number of aromatic nitrogens is 1. The summed E-state index contributed by atoms with van der Waals surface area (Å²) in [7, 11) is 0. The van der Waals surface area contributed by atoms with E-state index in [1.165, 1.54) is 25.7 Å². The van der Waals surface area contributed by atoms with Crippen LogP contribution in [0.3, 0.4) is 0 Å². The van der Waals surface area contributed by atoms with Crippen LogP contribution in [-0.2, 0) is 11.2 Å². The second-order valence-corrected chi connectivity index (χ2v) is 5.38. The van der Waals surface area contributed by atoms with Gasteiger partial charge in [-0.15, -0.1) is 0 Å². The first-order chi connectivity index (χ1) is 8.27. The lowest BCUT2D eigenvalue weighted by Crippen LogP contribution is -2.39. The summed E-state index contributed by atoms with van der Waals surface area (Å²) < 4.78 is 0. The molecule has 2 fully saturated rings. The topological polar surface area (TPSA) is 33.2 Å². The zero-order valence-electron chi connectivity index (χ0n) is 10.1. The van der Waals surface area contributed by atoms with Crippen LogP contribution in [0.4, 0.5) is 0 Å². The Hall–Kier alpha value is -1.38. The van der Waals surface area contributed by atoms with Crippen molar-refractivity contribution in [1.29, 1.82) is 0 Å². The molecule has 1 spiro atoms. The Bertz CT molecular complexity index is 401. The fraction of sp³-hybridized carbons (Fsp3) is 0.571. The summed E-state index contributed by atoms with van der Waals surface area (Å²) in [6, 6.07) is 5.74. The lowest BCUT2D eigenvalue weighted by molar-refractivity contribution is -0.132. The molecule has 3 heteroatoms. The molecule has 0 N–H and O–H groups in total. The summed E-state index contributed by atoms with van der Waals surface area (Å²) in [6.07, 6.45) is 7.39. The highest BCUT2D eigenvalue weighted by atomic mass is 16.2. The highest BCUT2D eigenvalue weighted by molar-refractivity contribution is 5.78. The van der Waals surface area contributed by atoms with E-state index in [0.29, 0.717) is 11.8 Å². The molecule has 2 heterocycles. The summed E-state index contributed by atoms with van der Waals surface area (Å²) in [5, 5.41) is 0. The standard InChI is InChI=1S/C14H18N2O/c17-13(11-12-3-1-2-8-15-12)16-9-6-14(4-5-14)7-10-16/h1-3,8H,4-7,9-11H2. The molecule has 0 aromatic carbocycles. The molecule has 1 saturated carbocycles. The summed E-state index contributed by atoms with van der Waals surface area (Å²) in [5.41, 5.74) is 1.52. The molecule has 2 aliphatic rings. The Morgan fingerprint density at radius 1 is 1.24 bits per heavy atom. The molecular weight excluding hydrogens is 212 g/mol. The number of hydrogen-bond acceptors (Lipinski definition) is 2. The molecule has 1 aliphatic carbocycles. The number of piperidine rings is 1. The minimum atomic E-state index is 0.235. The Labute approximate surface area is 102 Å². The highest BCUT2D eigenvalue weighted by Gasteiger charge is 2.44. The van der Waals surface area contributed by atoms with Crippen molar-refractivity contribution in [1.82, 2.24) is 9.88 Å². The molecule has 0 unspecified atom stereocenters. The van der Waals surface area contributed by atoms with Crippen molar-refractivity contribution in [3.8, 4) is 0 Å². The van der Waals surface area contributed by atoms with Crippen LogP contribution in [0.25, 0.3) is 0 Å². The largest absolute Gasteiger partial charge is 0.342 e. The number of pyridine rings is 1. The zero-order valence-corrected chi connectivity index (χ0v) is 10.1. The normalized spacial score (nSPS) is 21.5. The Morgan fingerprint density at radius 3 is 2.59 bits per heavy atom. The second-order valence-electron chi connectivity index (χ2n) is 5.38. The van der Waals surface area contributed by atoms with Crippen molar-refractivity contribution in [3.05, 3.63) is 30.1 Å². The average molecular weight is 230 g/mol. The van der Waals surface area contributed by atoms with Gasteiger partial charge in [-0.05, 0) is 43.2 Å². The van der Waals surface area contributed by atoms with E-state index in [9.17, 15) is 4.79 Å². The molecule has 17 heavy (non-hydrogen) atoms. The number of likely N-dealkylation sites (tertiary alicyclic amines) is 1. The first-order valence-electron chi connectivity index (χ1n) is 6.45. The quantitative estimate of drug-likeness (QED) is 0.779. The van der Waals surface area contributed by atoms with Crippen LogP contribution in [0.15, 0.2) is 24.4 Å². The highest BCUT2D eigenvalue weighted by Crippen LogP contribution is 2.53. The van der Waals surface area contributed by atoms with Gasteiger partial charge in [0.25, 0.3) is 0 Å². The van der Waals surface area contributed by atoms with Crippen LogP contribution in [-0.4, -0.2) is 28.9 Å². The molecule has 1 amide bonds. The van der Waals surface area contributed by atoms with Gasteiger partial charge in [0.1, 0.15) is 0 Å². The molecule has 0 bridgehead atoms.